The van der Waals surface area contributed by atoms with Crippen LogP contribution < -0.4 is 4.74 Å². The lowest BCUT2D eigenvalue weighted by molar-refractivity contribution is 0.00311. The van der Waals surface area contributed by atoms with E-state index in [1.165, 1.54) is 0 Å². The third kappa shape index (κ3) is 3.79. The van der Waals surface area contributed by atoms with Crippen LogP contribution in [0.25, 0.3) is 0 Å². The number of aromatic nitrogens is 2. The Hall–Kier alpha value is -1.85. The van der Waals surface area contributed by atoms with Gasteiger partial charge in [-0.25, -0.2) is 4.98 Å². The molecule has 0 unspecified atom stereocenters. The largest absolute Gasteiger partial charge is 0.490 e. The third-order valence-corrected chi connectivity index (χ3v) is 4.74. The Balaban J connectivity index is 1.57. The predicted octanol–water partition coefficient (Wildman–Crippen LogP) is 2.60. The zero-order valence-electron chi connectivity index (χ0n) is 14.8. The number of aliphatic hydroxyl groups is 1. The highest BCUT2D eigenvalue weighted by atomic mass is 16.5. The van der Waals surface area contributed by atoms with Crippen LogP contribution in [0.3, 0.4) is 0 Å². The average Bonchev–Trinajstić information content (AvgIpc) is 3.11. The monoisotopic (exact) mass is 329 g/mol. The quantitative estimate of drug-likeness (QED) is 0.855. The number of nitrogens with zero attached hydrogens (tertiary/aromatic N) is 2. The van der Waals surface area contributed by atoms with Crippen LogP contribution in [0.15, 0.2) is 24.3 Å². The van der Waals surface area contributed by atoms with Gasteiger partial charge in [0.2, 0.25) is 0 Å². The van der Waals surface area contributed by atoms with Gasteiger partial charge in [0.15, 0.2) is 0 Å². The van der Waals surface area contributed by atoms with Crippen molar-refractivity contribution in [1.29, 1.82) is 0 Å². The molecule has 1 aliphatic rings. The molecule has 1 aliphatic heterocycles. The summed E-state index contributed by atoms with van der Waals surface area (Å²) in [5.74, 6) is 1.87. The SMILES string of the molecule is CCc1nc(CN2CC[C@](O)(COc3ccccc3C)C2)c(C)[nH]1. The van der Waals surface area contributed by atoms with E-state index >= 15 is 0 Å². The molecule has 2 aromatic rings. The minimum atomic E-state index is -0.792. The van der Waals surface area contributed by atoms with E-state index in [0.717, 1.165) is 54.5 Å². The zero-order chi connectivity index (χ0) is 17.2. The summed E-state index contributed by atoms with van der Waals surface area (Å²) in [6, 6.07) is 7.92. The van der Waals surface area contributed by atoms with E-state index in [1.807, 2.05) is 31.2 Å². The van der Waals surface area contributed by atoms with Crippen molar-refractivity contribution in [2.45, 2.75) is 45.8 Å². The Morgan fingerprint density at radius 3 is 2.83 bits per heavy atom. The molecule has 1 fully saturated rings. The van der Waals surface area contributed by atoms with Gasteiger partial charge in [-0.3, -0.25) is 4.90 Å². The summed E-state index contributed by atoms with van der Waals surface area (Å²) in [5, 5.41) is 10.8. The fraction of sp³-hybridized carbons (Fsp3) is 0.526. The van der Waals surface area contributed by atoms with Crippen LogP contribution in [0, 0.1) is 13.8 Å². The second kappa shape index (κ2) is 6.95. The van der Waals surface area contributed by atoms with Crippen LogP contribution in [0.2, 0.25) is 0 Å². The molecule has 0 bridgehead atoms. The Morgan fingerprint density at radius 1 is 1.33 bits per heavy atom. The highest BCUT2D eigenvalue weighted by Gasteiger charge is 2.37. The van der Waals surface area contributed by atoms with Crippen LogP contribution in [-0.4, -0.2) is 45.3 Å². The van der Waals surface area contributed by atoms with E-state index in [1.54, 1.807) is 0 Å². The van der Waals surface area contributed by atoms with E-state index in [0.29, 0.717) is 13.2 Å². The van der Waals surface area contributed by atoms with Gasteiger partial charge in [0.05, 0.1) is 5.69 Å². The number of rotatable bonds is 6. The maximum absolute atomic E-state index is 10.8. The standard InChI is InChI=1S/C19H27N3O2/c1-4-18-20-15(3)16(21-18)11-22-10-9-19(23,12-22)13-24-17-8-6-5-7-14(17)2/h5-8,23H,4,9-13H2,1-3H3,(H,20,21)/t19-/m1/s1. The second-order valence-electron chi connectivity index (χ2n) is 6.85. The molecule has 130 valence electrons. The highest BCUT2D eigenvalue weighted by Crippen LogP contribution is 2.25. The van der Waals surface area contributed by atoms with Gasteiger partial charge in [0.1, 0.15) is 23.8 Å². The Bertz CT molecular complexity index is 698. The molecule has 3 rings (SSSR count). The van der Waals surface area contributed by atoms with Gasteiger partial charge < -0.3 is 14.8 Å². The summed E-state index contributed by atoms with van der Waals surface area (Å²) in [5.41, 5.74) is 2.50. The summed E-state index contributed by atoms with van der Waals surface area (Å²) < 4.78 is 5.87. The summed E-state index contributed by atoms with van der Waals surface area (Å²) in [6.45, 7) is 8.76. The number of para-hydroxylation sites is 1. The van der Waals surface area contributed by atoms with Gasteiger partial charge in [0, 0.05) is 31.7 Å². The van der Waals surface area contributed by atoms with Crippen LogP contribution in [0.4, 0.5) is 0 Å². The zero-order valence-corrected chi connectivity index (χ0v) is 14.8. The van der Waals surface area contributed by atoms with Crippen LogP contribution in [0.5, 0.6) is 5.75 Å². The van der Waals surface area contributed by atoms with Crippen molar-refractivity contribution in [1.82, 2.24) is 14.9 Å². The molecule has 0 saturated carbocycles. The molecular formula is C19H27N3O2. The van der Waals surface area contributed by atoms with Crippen molar-refractivity contribution in [3.8, 4) is 5.75 Å². The van der Waals surface area contributed by atoms with Crippen molar-refractivity contribution in [3.63, 3.8) is 0 Å². The smallest absolute Gasteiger partial charge is 0.122 e. The highest BCUT2D eigenvalue weighted by molar-refractivity contribution is 5.31. The van der Waals surface area contributed by atoms with E-state index in [-0.39, 0.29) is 0 Å². The summed E-state index contributed by atoms with van der Waals surface area (Å²) >= 11 is 0. The van der Waals surface area contributed by atoms with E-state index in [4.69, 9.17) is 4.74 Å². The summed E-state index contributed by atoms with van der Waals surface area (Å²) in [4.78, 5) is 10.2. The topological polar surface area (TPSA) is 61.4 Å². The first-order chi connectivity index (χ1) is 11.5. The molecule has 0 aliphatic carbocycles. The lowest BCUT2D eigenvalue weighted by Gasteiger charge is -2.24. The molecule has 1 saturated heterocycles. The van der Waals surface area contributed by atoms with Gasteiger partial charge >= 0.3 is 0 Å². The fourth-order valence-electron chi connectivity index (χ4n) is 3.22. The third-order valence-electron chi connectivity index (χ3n) is 4.74. The Labute approximate surface area is 143 Å². The minimum Gasteiger partial charge on any atom is -0.490 e. The molecule has 0 radical (unpaired) electrons. The molecule has 0 amide bonds. The van der Waals surface area contributed by atoms with Gasteiger partial charge in [-0.15, -0.1) is 0 Å². The first-order valence-electron chi connectivity index (χ1n) is 8.66. The van der Waals surface area contributed by atoms with Crippen molar-refractivity contribution in [3.05, 3.63) is 47.0 Å². The molecular weight excluding hydrogens is 302 g/mol. The number of H-pyrrole nitrogens is 1. The first-order valence-corrected chi connectivity index (χ1v) is 8.66. The van der Waals surface area contributed by atoms with E-state index in [9.17, 15) is 5.11 Å². The van der Waals surface area contributed by atoms with Crippen molar-refractivity contribution >= 4 is 0 Å². The lowest BCUT2D eigenvalue weighted by Crippen LogP contribution is -2.39. The molecule has 0 spiro atoms. The number of likely N-dealkylation sites (tertiary alicyclic amines) is 1. The van der Waals surface area contributed by atoms with Crippen LogP contribution >= 0.6 is 0 Å². The molecule has 5 nitrogen and oxygen atoms in total. The number of imidazole rings is 1. The maximum Gasteiger partial charge on any atom is 0.122 e. The van der Waals surface area contributed by atoms with Gasteiger partial charge in [-0.2, -0.15) is 0 Å². The average molecular weight is 329 g/mol. The van der Waals surface area contributed by atoms with Crippen molar-refractivity contribution in [2.75, 3.05) is 19.7 Å². The normalized spacial score (nSPS) is 21.3. The van der Waals surface area contributed by atoms with E-state index in [2.05, 4.69) is 28.7 Å². The van der Waals surface area contributed by atoms with Crippen molar-refractivity contribution in [2.24, 2.45) is 0 Å². The summed E-state index contributed by atoms with van der Waals surface area (Å²) in [6.07, 6.45) is 1.64. The second-order valence-corrected chi connectivity index (χ2v) is 6.85. The Morgan fingerprint density at radius 2 is 2.12 bits per heavy atom. The number of hydrogen-bond donors (Lipinski definition) is 2. The van der Waals surface area contributed by atoms with Gasteiger partial charge in [0.25, 0.3) is 0 Å². The van der Waals surface area contributed by atoms with Crippen molar-refractivity contribution < 1.29 is 9.84 Å². The molecule has 2 heterocycles. The predicted molar refractivity (Wildman–Crippen MR) is 94.2 cm³/mol. The Kier molecular flexibility index (Phi) is 4.92. The number of ether oxygens (including phenoxy) is 1. The maximum atomic E-state index is 10.8. The number of aromatic amines is 1. The molecule has 2 N–H and O–H groups in total. The first kappa shape index (κ1) is 17.0. The van der Waals surface area contributed by atoms with Gasteiger partial charge in [-0.1, -0.05) is 25.1 Å². The lowest BCUT2D eigenvalue weighted by atomic mass is 10.1. The molecule has 24 heavy (non-hydrogen) atoms. The van der Waals surface area contributed by atoms with Crippen LogP contribution in [0.1, 0.15) is 36.1 Å². The van der Waals surface area contributed by atoms with Gasteiger partial charge in [-0.05, 0) is 31.9 Å². The molecule has 1 aromatic heterocycles. The number of β-amino-alcohol motifs (C(OH)–C–C–N with tert-alkyl or cyclic N) is 1. The number of benzene rings is 1. The minimum absolute atomic E-state index is 0.327. The molecule has 5 heteroatoms. The number of aryl methyl sites for hydroxylation is 3. The van der Waals surface area contributed by atoms with Crippen LogP contribution in [-0.2, 0) is 13.0 Å². The fourth-order valence-corrected chi connectivity index (χ4v) is 3.22. The van der Waals surface area contributed by atoms with E-state index < -0.39 is 5.60 Å². The number of hydrogen-bond acceptors (Lipinski definition) is 4. The molecule has 1 aromatic carbocycles. The molecule has 1 atom stereocenters. The number of nitrogens with one attached hydrogen (secondary N) is 1. The summed E-state index contributed by atoms with van der Waals surface area (Å²) in [7, 11) is 0.